The zero-order chi connectivity index (χ0) is 11.1. The lowest BCUT2D eigenvalue weighted by Crippen LogP contribution is -2.72. The van der Waals surface area contributed by atoms with Gasteiger partial charge in [0.05, 0.1) is 12.0 Å². The van der Waals surface area contributed by atoms with Gasteiger partial charge in [-0.25, -0.2) is 0 Å². The molecule has 2 fully saturated rings. The minimum Gasteiger partial charge on any atom is -0.481 e. The minimum absolute atomic E-state index is 0.0809. The summed E-state index contributed by atoms with van der Waals surface area (Å²) < 4.78 is 0. The van der Waals surface area contributed by atoms with Crippen LogP contribution in [0.1, 0.15) is 33.1 Å². The second-order valence-electron chi connectivity index (χ2n) is 5.58. The monoisotopic (exact) mass is 212 g/mol. The maximum atomic E-state index is 10.8. The van der Waals surface area contributed by atoms with Crippen LogP contribution in [-0.2, 0) is 4.79 Å². The van der Waals surface area contributed by atoms with E-state index >= 15 is 0 Å². The van der Waals surface area contributed by atoms with Crippen molar-refractivity contribution in [3.8, 4) is 0 Å². The van der Waals surface area contributed by atoms with Crippen molar-refractivity contribution < 1.29 is 9.90 Å². The summed E-state index contributed by atoms with van der Waals surface area (Å²) in [6.07, 6.45) is 2.77. The third-order valence-corrected chi connectivity index (χ3v) is 3.60. The van der Waals surface area contributed by atoms with Gasteiger partial charge in [0.15, 0.2) is 0 Å². The molecule has 0 radical (unpaired) electrons. The number of rotatable bonds is 5. The second kappa shape index (κ2) is 3.46. The highest BCUT2D eigenvalue weighted by Gasteiger charge is 2.47. The van der Waals surface area contributed by atoms with E-state index in [-0.39, 0.29) is 17.5 Å². The van der Waals surface area contributed by atoms with Crippen LogP contribution in [-0.4, -0.2) is 35.2 Å². The molecule has 0 aromatic rings. The van der Waals surface area contributed by atoms with E-state index in [1.165, 1.54) is 12.8 Å². The van der Waals surface area contributed by atoms with Gasteiger partial charge in [-0.3, -0.25) is 4.79 Å². The fraction of sp³-hybridized carbons (Fsp3) is 0.909. The Hall–Kier alpha value is -0.610. The van der Waals surface area contributed by atoms with Crippen LogP contribution in [0.25, 0.3) is 0 Å². The van der Waals surface area contributed by atoms with Gasteiger partial charge in [0.1, 0.15) is 0 Å². The molecule has 2 rings (SSSR count). The Morgan fingerprint density at radius 2 is 2.13 bits per heavy atom. The number of aliphatic carboxylic acids is 1. The molecular weight excluding hydrogens is 192 g/mol. The Balaban J connectivity index is 1.97. The fourth-order valence-corrected chi connectivity index (χ4v) is 2.56. The number of hydrogen-bond acceptors (Lipinski definition) is 3. The number of carbonyl (C=O) groups is 1. The van der Waals surface area contributed by atoms with Gasteiger partial charge in [-0.15, -0.1) is 0 Å². The maximum absolute atomic E-state index is 10.8. The lowest BCUT2D eigenvalue weighted by molar-refractivity contribution is -0.139. The van der Waals surface area contributed by atoms with Crippen molar-refractivity contribution in [2.45, 2.75) is 44.2 Å². The first-order chi connectivity index (χ1) is 6.94. The zero-order valence-electron chi connectivity index (χ0n) is 9.47. The quantitative estimate of drug-likeness (QED) is 0.624. The van der Waals surface area contributed by atoms with E-state index in [1.54, 1.807) is 0 Å². The van der Waals surface area contributed by atoms with Crippen LogP contribution >= 0.6 is 0 Å². The molecule has 1 aliphatic heterocycles. The van der Waals surface area contributed by atoms with Gasteiger partial charge in [0.2, 0.25) is 0 Å². The first kappa shape index (κ1) is 10.9. The Labute approximate surface area is 90.4 Å². The van der Waals surface area contributed by atoms with Crippen LogP contribution < -0.4 is 10.6 Å². The molecule has 15 heavy (non-hydrogen) atoms. The van der Waals surface area contributed by atoms with Gasteiger partial charge in [-0.05, 0) is 32.6 Å². The van der Waals surface area contributed by atoms with Crippen LogP contribution in [0, 0.1) is 5.92 Å². The average molecular weight is 212 g/mol. The largest absolute Gasteiger partial charge is 0.481 e. The molecule has 0 atom stereocenters. The van der Waals surface area contributed by atoms with Gasteiger partial charge >= 0.3 is 5.97 Å². The van der Waals surface area contributed by atoms with Crippen LogP contribution in [0.3, 0.4) is 0 Å². The summed E-state index contributed by atoms with van der Waals surface area (Å²) >= 11 is 0. The Morgan fingerprint density at radius 1 is 1.53 bits per heavy atom. The zero-order valence-corrected chi connectivity index (χ0v) is 9.47. The molecule has 1 saturated heterocycles. The van der Waals surface area contributed by atoms with Gasteiger partial charge in [0.25, 0.3) is 0 Å². The van der Waals surface area contributed by atoms with E-state index < -0.39 is 5.97 Å². The summed E-state index contributed by atoms with van der Waals surface area (Å²) in [5.41, 5.74) is -0.129. The molecular formula is C11H20N2O2. The molecule has 0 aromatic heterocycles. The molecule has 3 N–H and O–H groups in total. The van der Waals surface area contributed by atoms with Crippen molar-refractivity contribution in [2.24, 2.45) is 5.92 Å². The van der Waals surface area contributed by atoms with Crippen LogP contribution in [0.2, 0.25) is 0 Å². The molecule has 1 heterocycles. The molecule has 4 nitrogen and oxygen atoms in total. The van der Waals surface area contributed by atoms with E-state index in [1.807, 2.05) is 0 Å². The molecule has 86 valence electrons. The van der Waals surface area contributed by atoms with Crippen LogP contribution in [0.5, 0.6) is 0 Å². The molecule has 0 spiro atoms. The third kappa shape index (κ3) is 2.32. The Morgan fingerprint density at radius 3 is 2.47 bits per heavy atom. The SMILES string of the molecule is CC(C)(NC1(CC(=O)O)CNC1)C1CC1. The highest BCUT2D eigenvalue weighted by atomic mass is 16.4. The van der Waals surface area contributed by atoms with Gasteiger partial charge in [0, 0.05) is 18.6 Å². The van der Waals surface area contributed by atoms with E-state index in [2.05, 4.69) is 24.5 Å². The van der Waals surface area contributed by atoms with Crippen molar-refractivity contribution in [2.75, 3.05) is 13.1 Å². The molecule has 2 aliphatic rings. The topological polar surface area (TPSA) is 61.4 Å². The molecule has 0 bridgehead atoms. The summed E-state index contributed by atoms with van der Waals surface area (Å²) in [6, 6.07) is 0. The predicted molar refractivity (Wildman–Crippen MR) is 57.8 cm³/mol. The standard InChI is InChI=1S/C11H20N2O2/c1-10(2,8-3-4-8)13-11(5-9(14)15)6-12-7-11/h8,12-13H,3-7H2,1-2H3,(H,14,15). The number of nitrogens with one attached hydrogen (secondary N) is 2. The number of carboxylic acids is 1. The highest BCUT2D eigenvalue weighted by Crippen LogP contribution is 2.40. The summed E-state index contributed by atoms with van der Waals surface area (Å²) in [5, 5.41) is 15.6. The predicted octanol–water partition coefficient (Wildman–Crippen LogP) is 0.581. The number of hydrogen-bond donors (Lipinski definition) is 3. The lowest BCUT2D eigenvalue weighted by atomic mass is 9.84. The molecule has 0 unspecified atom stereocenters. The van der Waals surface area contributed by atoms with Crippen LogP contribution in [0.4, 0.5) is 0 Å². The van der Waals surface area contributed by atoms with E-state index in [0.717, 1.165) is 19.0 Å². The smallest absolute Gasteiger partial charge is 0.305 e. The third-order valence-electron chi connectivity index (χ3n) is 3.60. The average Bonchev–Trinajstić information content (AvgIpc) is 2.80. The minimum atomic E-state index is -0.712. The van der Waals surface area contributed by atoms with Crippen molar-refractivity contribution in [1.29, 1.82) is 0 Å². The summed E-state index contributed by atoms with van der Waals surface area (Å²) in [4.78, 5) is 10.8. The maximum Gasteiger partial charge on any atom is 0.305 e. The van der Waals surface area contributed by atoms with E-state index in [9.17, 15) is 4.79 Å². The first-order valence-electron chi connectivity index (χ1n) is 5.65. The molecule has 1 saturated carbocycles. The van der Waals surface area contributed by atoms with Gasteiger partial charge < -0.3 is 15.7 Å². The second-order valence-corrected chi connectivity index (χ2v) is 5.58. The fourth-order valence-electron chi connectivity index (χ4n) is 2.56. The van der Waals surface area contributed by atoms with Gasteiger partial charge in [-0.1, -0.05) is 0 Å². The molecule has 4 heteroatoms. The molecule has 1 aliphatic carbocycles. The Kier molecular flexibility index (Phi) is 2.51. The van der Waals surface area contributed by atoms with Crippen molar-refractivity contribution >= 4 is 5.97 Å². The Bertz CT molecular complexity index is 268. The van der Waals surface area contributed by atoms with Crippen molar-refractivity contribution in [1.82, 2.24) is 10.6 Å². The molecule has 0 aromatic carbocycles. The van der Waals surface area contributed by atoms with Crippen LogP contribution in [0.15, 0.2) is 0 Å². The molecule has 0 amide bonds. The van der Waals surface area contributed by atoms with Crippen molar-refractivity contribution in [3.63, 3.8) is 0 Å². The first-order valence-corrected chi connectivity index (χ1v) is 5.65. The lowest BCUT2D eigenvalue weighted by Gasteiger charge is -2.48. The van der Waals surface area contributed by atoms with Gasteiger partial charge in [-0.2, -0.15) is 0 Å². The van der Waals surface area contributed by atoms with E-state index in [0.29, 0.717) is 0 Å². The summed E-state index contributed by atoms with van der Waals surface area (Å²) in [6.45, 7) is 5.92. The summed E-state index contributed by atoms with van der Waals surface area (Å²) in [7, 11) is 0. The number of carboxylic acid groups (broad SMARTS) is 1. The summed E-state index contributed by atoms with van der Waals surface area (Å²) in [5.74, 6) is 0.0133. The van der Waals surface area contributed by atoms with Crippen molar-refractivity contribution in [3.05, 3.63) is 0 Å². The highest BCUT2D eigenvalue weighted by molar-refractivity contribution is 5.69. The van der Waals surface area contributed by atoms with E-state index in [4.69, 9.17) is 5.11 Å². The normalized spacial score (nSPS) is 24.7.